The summed E-state index contributed by atoms with van der Waals surface area (Å²) in [5.41, 5.74) is 6.91. The minimum atomic E-state index is 0. The summed E-state index contributed by atoms with van der Waals surface area (Å²) < 4.78 is 0. The predicted molar refractivity (Wildman–Crippen MR) is 123 cm³/mol. The first kappa shape index (κ1) is 26.0. The van der Waals surface area contributed by atoms with E-state index in [1.54, 1.807) is 11.3 Å². The molecule has 1 aromatic heterocycles. The number of aliphatic imine (C=N–C) groups is 2. The molecular weight excluding hydrogens is 404 g/mol. The zero-order valence-electron chi connectivity index (χ0n) is 17.4. The van der Waals surface area contributed by atoms with Crippen LogP contribution in [0.15, 0.2) is 58.5 Å². The van der Waals surface area contributed by atoms with Crippen LogP contribution in [-0.2, 0) is 17.1 Å². The molecule has 0 atom stereocenters. The van der Waals surface area contributed by atoms with Gasteiger partial charge >= 0.3 is 17.1 Å². The van der Waals surface area contributed by atoms with Crippen LogP contribution in [-0.4, -0.2) is 12.4 Å². The van der Waals surface area contributed by atoms with Crippen molar-refractivity contribution >= 4 is 35.1 Å². The van der Waals surface area contributed by atoms with Gasteiger partial charge in [0.25, 0.3) is 0 Å². The minimum absolute atomic E-state index is 0. The average molecular weight is 432 g/mol. The molecule has 0 aliphatic carbocycles. The van der Waals surface area contributed by atoms with Crippen LogP contribution in [0.1, 0.15) is 32.0 Å². The standard InChI is InChI=1S/C22H22N2S.2CH3.Fe/c1-15-7-5-8-16(2)21(15)23-13-19-11-12-20(25-19)14-24-22-17(3)9-6-10-18(22)4;;;/h5-14H,1-4H3;2*1H3;/q;2*-1;+2. The van der Waals surface area contributed by atoms with Gasteiger partial charge in [-0.25, -0.2) is 0 Å². The fourth-order valence-corrected chi connectivity index (χ4v) is 3.54. The molecule has 0 unspecified atom stereocenters. The van der Waals surface area contributed by atoms with E-state index >= 15 is 0 Å². The first-order chi connectivity index (χ1) is 12.0. The van der Waals surface area contributed by atoms with Gasteiger partial charge in [0, 0.05) is 22.2 Å². The summed E-state index contributed by atoms with van der Waals surface area (Å²) in [6, 6.07) is 16.7. The van der Waals surface area contributed by atoms with Crippen LogP contribution in [0.5, 0.6) is 0 Å². The third-order valence-corrected chi connectivity index (χ3v) is 5.12. The van der Waals surface area contributed by atoms with E-state index in [1.807, 2.05) is 12.4 Å². The first-order valence-electron chi connectivity index (χ1n) is 8.35. The maximum atomic E-state index is 4.68. The van der Waals surface area contributed by atoms with Crippen LogP contribution in [0, 0.1) is 42.5 Å². The third-order valence-electron chi connectivity index (χ3n) is 4.17. The monoisotopic (exact) mass is 432 g/mol. The van der Waals surface area contributed by atoms with Crippen LogP contribution in [0.3, 0.4) is 0 Å². The van der Waals surface area contributed by atoms with Crippen LogP contribution >= 0.6 is 11.3 Å². The fourth-order valence-electron chi connectivity index (χ4n) is 2.78. The molecule has 0 radical (unpaired) electrons. The number of thiophene rings is 1. The van der Waals surface area contributed by atoms with Gasteiger partial charge in [0.2, 0.25) is 0 Å². The van der Waals surface area contributed by atoms with E-state index in [-0.39, 0.29) is 31.9 Å². The molecule has 0 amide bonds. The molecule has 4 heteroatoms. The van der Waals surface area contributed by atoms with E-state index in [9.17, 15) is 0 Å². The van der Waals surface area contributed by atoms with Crippen molar-refractivity contribution in [2.24, 2.45) is 9.98 Å². The van der Waals surface area contributed by atoms with Crippen molar-refractivity contribution in [2.45, 2.75) is 27.7 Å². The van der Waals surface area contributed by atoms with Crippen molar-refractivity contribution in [1.82, 2.24) is 0 Å². The van der Waals surface area contributed by atoms with Gasteiger partial charge in [-0.15, -0.1) is 11.3 Å². The van der Waals surface area contributed by atoms with Gasteiger partial charge in [-0.3, -0.25) is 9.98 Å². The molecule has 0 fully saturated rings. The molecule has 3 rings (SSSR count). The van der Waals surface area contributed by atoms with Crippen molar-refractivity contribution in [1.29, 1.82) is 0 Å². The third kappa shape index (κ3) is 6.27. The van der Waals surface area contributed by atoms with Crippen molar-refractivity contribution in [2.75, 3.05) is 0 Å². The van der Waals surface area contributed by atoms with Crippen LogP contribution in [0.25, 0.3) is 0 Å². The molecule has 2 nitrogen and oxygen atoms in total. The Bertz CT molecular complexity index is 838. The Balaban J connectivity index is 0.00000243. The SMILES string of the molecule is Cc1cccc(C)c1N=Cc1ccc(C=Nc2c(C)cccc2C)s1.[CH3-].[CH3-].[Fe+2]. The van der Waals surface area contributed by atoms with Crippen molar-refractivity contribution in [3.05, 3.63) is 95.4 Å². The molecule has 0 saturated heterocycles. The maximum absolute atomic E-state index is 4.68. The second-order valence-corrected chi connectivity index (χ2v) is 7.38. The fraction of sp³-hybridized carbons (Fsp3) is 0.167. The van der Waals surface area contributed by atoms with Gasteiger partial charge < -0.3 is 14.9 Å². The zero-order chi connectivity index (χ0) is 17.8. The van der Waals surface area contributed by atoms with Gasteiger partial charge in [0.15, 0.2) is 0 Å². The molecule has 0 saturated carbocycles. The molecule has 3 aromatic rings. The summed E-state index contributed by atoms with van der Waals surface area (Å²) in [6.45, 7) is 8.38. The second kappa shape index (κ2) is 11.8. The number of hydrogen-bond acceptors (Lipinski definition) is 3. The Labute approximate surface area is 185 Å². The summed E-state index contributed by atoms with van der Waals surface area (Å²) in [7, 11) is 0. The topological polar surface area (TPSA) is 24.7 Å². The van der Waals surface area contributed by atoms with Gasteiger partial charge in [0.05, 0.1) is 11.4 Å². The van der Waals surface area contributed by atoms with Crippen LogP contribution in [0.2, 0.25) is 0 Å². The number of nitrogens with zero attached hydrogens (tertiary/aromatic N) is 2. The van der Waals surface area contributed by atoms with Gasteiger partial charge in [-0.2, -0.15) is 0 Å². The quantitative estimate of drug-likeness (QED) is 0.233. The van der Waals surface area contributed by atoms with E-state index in [1.165, 1.54) is 22.3 Å². The minimum Gasteiger partial charge on any atom is -0.358 e. The largest absolute Gasteiger partial charge is 2.00 e. The van der Waals surface area contributed by atoms with E-state index in [0.717, 1.165) is 21.1 Å². The second-order valence-electron chi connectivity index (χ2n) is 6.24. The van der Waals surface area contributed by atoms with E-state index in [2.05, 4.69) is 86.2 Å². The van der Waals surface area contributed by atoms with Crippen LogP contribution < -0.4 is 0 Å². The normalized spacial score (nSPS) is 10.4. The molecule has 148 valence electrons. The van der Waals surface area contributed by atoms with Gasteiger partial charge in [-0.05, 0) is 62.1 Å². The summed E-state index contributed by atoms with van der Waals surface area (Å²) in [5, 5.41) is 0. The average Bonchev–Trinajstić information content (AvgIpc) is 3.02. The van der Waals surface area contributed by atoms with Crippen molar-refractivity contribution in [3.8, 4) is 0 Å². The molecule has 28 heavy (non-hydrogen) atoms. The first-order valence-corrected chi connectivity index (χ1v) is 9.16. The molecule has 0 aliphatic heterocycles. The Morgan fingerprint density at radius 1 is 0.607 bits per heavy atom. The van der Waals surface area contributed by atoms with Gasteiger partial charge in [0.1, 0.15) is 0 Å². The number of rotatable bonds is 4. The smallest absolute Gasteiger partial charge is 0.358 e. The summed E-state index contributed by atoms with van der Waals surface area (Å²) in [5.74, 6) is 0. The molecule has 0 N–H and O–H groups in total. The number of benzene rings is 2. The van der Waals surface area contributed by atoms with E-state index in [0.29, 0.717) is 0 Å². The summed E-state index contributed by atoms with van der Waals surface area (Å²) >= 11 is 1.70. The van der Waals surface area contributed by atoms with E-state index in [4.69, 9.17) is 0 Å². The molecule has 2 aromatic carbocycles. The number of para-hydroxylation sites is 2. The number of hydrogen-bond donors (Lipinski definition) is 0. The Hall–Kier alpha value is -2.00. The maximum Gasteiger partial charge on any atom is 2.00 e. The summed E-state index contributed by atoms with van der Waals surface area (Å²) in [4.78, 5) is 11.6. The van der Waals surface area contributed by atoms with E-state index < -0.39 is 0 Å². The molecule has 0 spiro atoms. The van der Waals surface area contributed by atoms with Crippen molar-refractivity contribution < 1.29 is 17.1 Å². The Morgan fingerprint density at radius 3 is 1.25 bits per heavy atom. The van der Waals surface area contributed by atoms with Gasteiger partial charge in [-0.1, -0.05) is 36.4 Å². The van der Waals surface area contributed by atoms with Crippen LogP contribution in [0.4, 0.5) is 11.4 Å². The molecule has 0 aliphatic rings. The Kier molecular flexibility index (Phi) is 10.9. The molecular formula is C24H28FeN2S. The molecule has 0 bridgehead atoms. The number of aryl methyl sites for hydroxylation is 4. The van der Waals surface area contributed by atoms with Crippen molar-refractivity contribution in [3.63, 3.8) is 0 Å². The Morgan fingerprint density at radius 2 is 0.929 bits per heavy atom. The summed E-state index contributed by atoms with van der Waals surface area (Å²) in [6.07, 6.45) is 3.88. The molecule has 1 heterocycles. The predicted octanol–water partition coefficient (Wildman–Crippen LogP) is 7.38. The zero-order valence-corrected chi connectivity index (χ0v) is 19.4.